The molecule has 0 atom stereocenters. The van der Waals surface area contributed by atoms with Gasteiger partial charge in [-0.25, -0.2) is 0 Å². The second kappa shape index (κ2) is 18.4. The molecule has 1 radical (unpaired) electrons. The third-order valence-corrected chi connectivity index (χ3v) is 0. The van der Waals surface area contributed by atoms with Crippen LogP contribution in [0.3, 0.4) is 0 Å². The normalized spacial score (nSPS) is 0. The first-order valence-electron chi connectivity index (χ1n) is 0. The number of hydrogen-bond acceptors (Lipinski definition) is 0. The molecule has 0 aliphatic rings. The van der Waals surface area contributed by atoms with Crippen LogP contribution in [-0.2, 0) is 50.6 Å². The van der Waals surface area contributed by atoms with Crippen LogP contribution in [0.1, 0.15) is 0 Å². The van der Waals surface area contributed by atoms with Crippen molar-refractivity contribution in [1.29, 1.82) is 0 Å². The Kier molecular flexibility index (Phi) is 152. The summed E-state index contributed by atoms with van der Waals surface area (Å²) in [7, 11) is 0. The Morgan fingerprint density at radius 2 is 1.00 bits per heavy atom. The monoisotopic (exact) mass is 293 g/mol. The van der Waals surface area contributed by atoms with E-state index in [2.05, 4.69) is 0 Å². The molecule has 0 fully saturated rings. The topological polar surface area (TPSA) is 0 Å². The van der Waals surface area contributed by atoms with Crippen LogP contribution in [0.4, 0.5) is 0 Å². The molecule has 0 saturated heterocycles. The second-order valence-corrected chi connectivity index (χ2v) is 0. The Bertz CT molecular complexity index is 8.00. The fraction of sp³-hybridized carbons (Fsp3) is 0. The summed E-state index contributed by atoms with van der Waals surface area (Å²) in [6, 6.07) is 0. The van der Waals surface area contributed by atoms with Crippen LogP contribution >= 0.6 is 0 Å². The molecule has 33 valence electrons. The van der Waals surface area contributed by atoms with E-state index in [4.69, 9.17) is 0 Å². The van der Waals surface area contributed by atoms with Gasteiger partial charge in [-0.3, -0.25) is 0 Å². The van der Waals surface area contributed by atoms with Crippen molar-refractivity contribution in [2.24, 2.45) is 0 Å². The minimum absolute atomic E-state index is 0. The SMILES string of the molecule is [Fe].[Mn].[Ni].[SnH4]. The summed E-state index contributed by atoms with van der Waals surface area (Å²) < 4.78 is 0. The molecule has 0 aliphatic carbocycles. The average Bonchev–Trinajstić information content (AvgIpc) is 0. The van der Waals surface area contributed by atoms with Gasteiger partial charge < -0.3 is 0 Å². The first kappa shape index (κ1) is 33.1. The molecule has 0 aromatic rings. The quantitative estimate of drug-likeness (QED) is 0.479. The summed E-state index contributed by atoms with van der Waals surface area (Å²) in [5.41, 5.74) is 0. The molecule has 4 heteroatoms. The summed E-state index contributed by atoms with van der Waals surface area (Å²) in [4.78, 5) is 0. The van der Waals surface area contributed by atoms with E-state index in [0.29, 0.717) is 0 Å². The van der Waals surface area contributed by atoms with Crippen LogP contribution in [-0.4, -0.2) is 23.9 Å². The Hall–Kier alpha value is 2.33. The molecule has 0 nitrogen and oxygen atoms in total. The zero-order chi connectivity index (χ0) is 0. The van der Waals surface area contributed by atoms with Crippen molar-refractivity contribution >= 4 is 23.9 Å². The minimum atomic E-state index is 0. The maximum absolute atomic E-state index is 0. The van der Waals surface area contributed by atoms with E-state index in [1.54, 1.807) is 0 Å². The van der Waals surface area contributed by atoms with Crippen LogP contribution in [0.5, 0.6) is 0 Å². The second-order valence-electron chi connectivity index (χ2n) is 0. The third-order valence-electron chi connectivity index (χ3n) is 0. The van der Waals surface area contributed by atoms with Gasteiger partial charge in [-0.2, -0.15) is 0 Å². The summed E-state index contributed by atoms with van der Waals surface area (Å²) in [6.45, 7) is 0. The molecule has 0 rings (SSSR count). The first-order valence-corrected chi connectivity index (χ1v) is 0. The molecule has 0 bridgehead atoms. The van der Waals surface area contributed by atoms with Gasteiger partial charge in [0.25, 0.3) is 0 Å². The van der Waals surface area contributed by atoms with Crippen molar-refractivity contribution in [2.75, 3.05) is 0 Å². The molecule has 0 aliphatic heterocycles. The Labute approximate surface area is 73.7 Å². The van der Waals surface area contributed by atoms with Crippen LogP contribution in [0.2, 0.25) is 0 Å². The summed E-state index contributed by atoms with van der Waals surface area (Å²) >= 11 is 0. The summed E-state index contributed by atoms with van der Waals surface area (Å²) in [5, 5.41) is 0. The van der Waals surface area contributed by atoms with E-state index in [1.807, 2.05) is 0 Å². The van der Waals surface area contributed by atoms with Crippen molar-refractivity contribution in [1.82, 2.24) is 0 Å². The van der Waals surface area contributed by atoms with Crippen molar-refractivity contribution in [3.63, 3.8) is 0 Å². The molecule has 0 saturated carbocycles. The standard InChI is InChI=1S/Fe.Mn.Ni.Sn.4H. The predicted molar refractivity (Wildman–Crippen MR) is 11.3 cm³/mol. The van der Waals surface area contributed by atoms with Gasteiger partial charge in [0.15, 0.2) is 0 Å². The predicted octanol–water partition coefficient (Wildman–Crippen LogP) is -1.46. The van der Waals surface area contributed by atoms with Crippen molar-refractivity contribution in [2.45, 2.75) is 0 Å². The van der Waals surface area contributed by atoms with Crippen LogP contribution in [0.15, 0.2) is 0 Å². The Morgan fingerprint density at radius 3 is 1.00 bits per heavy atom. The molecule has 0 heterocycles. The van der Waals surface area contributed by atoms with Gasteiger partial charge in [0.1, 0.15) is 0 Å². The van der Waals surface area contributed by atoms with Crippen molar-refractivity contribution in [3.8, 4) is 0 Å². The summed E-state index contributed by atoms with van der Waals surface area (Å²) in [6.07, 6.45) is 0. The average molecular weight is 292 g/mol. The molecule has 0 aromatic heterocycles. The van der Waals surface area contributed by atoms with Crippen LogP contribution in [0.25, 0.3) is 0 Å². The van der Waals surface area contributed by atoms with E-state index in [-0.39, 0.29) is 74.5 Å². The Morgan fingerprint density at radius 1 is 1.00 bits per heavy atom. The van der Waals surface area contributed by atoms with E-state index in [9.17, 15) is 0 Å². The zero-order valence-electron chi connectivity index (χ0n) is 1.05. The van der Waals surface area contributed by atoms with Gasteiger partial charge in [0, 0.05) is 50.6 Å². The van der Waals surface area contributed by atoms with Gasteiger partial charge in [-0.15, -0.1) is 0 Å². The molecule has 0 aromatic carbocycles. The molecule has 0 spiro atoms. The van der Waals surface area contributed by atoms with Crippen molar-refractivity contribution in [3.05, 3.63) is 0 Å². The maximum atomic E-state index is 0. The number of hydrogen-bond donors (Lipinski definition) is 0. The van der Waals surface area contributed by atoms with Gasteiger partial charge in [0.2, 0.25) is 0 Å². The van der Waals surface area contributed by atoms with E-state index < -0.39 is 0 Å². The summed E-state index contributed by atoms with van der Waals surface area (Å²) in [5.74, 6) is 0. The zero-order valence-corrected chi connectivity index (χ0v) is 4.32. The van der Waals surface area contributed by atoms with Gasteiger partial charge in [0.05, 0.1) is 0 Å². The Balaban J connectivity index is 0. The third kappa shape index (κ3) is 8.84. The molecule has 4 heavy (non-hydrogen) atoms. The van der Waals surface area contributed by atoms with Crippen molar-refractivity contribution < 1.29 is 50.6 Å². The van der Waals surface area contributed by atoms with E-state index >= 15 is 0 Å². The molecule has 0 N–H and O–H groups in total. The fourth-order valence-electron chi connectivity index (χ4n) is 0. The van der Waals surface area contributed by atoms with Crippen LogP contribution < -0.4 is 0 Å². The molecule has 0 amide bonds. The molecular formula is H4FeMnNiSn. The fourth-order valence-corrected chi connectivity index (χ4v) is 0. The van der Waals surface area contributed by atoms with E-state index in [0.717, 1.165) is 0 Å². The molecule has 0 unspecified atom stereocenters. The van der Waals surface area contributed by atoms with Crippen LogP contribution in [0, 0.1) is 0 Å². The first-order chi connectivity index (χ1) is 0. The van der Waals surface area contributed by atoms with Gasteiger partial charge in [-0.05, 0) is 0 Å². The number of rotatable bonds is 0. The van der Waals surface area contributed by atoms with Gasteiger partial charge in [-0.1, -0.05) is 0 Å². The molecular weight excluding hydrogens is 288 g/mol. The van der Waals surface area contributed by atoms with E-state index in [1.165, 1.54) is 0 Å². The van der Waals surface area contributed by atoms with Gasteiger partial charge >= 0.3 is 23.9 Å².